The Morgan fingerprint density at radius 2 is 2.14 bits per heavy atom. The van der Waals surface area contributed by atoms with Gasteiger partial charge in [0.15, 0.2) is 0 Å². The molecule has 3 rings (SSSR count). The molecule has 0 saturated carbocycles. The fourth-order valence-corrected chi connectivity index (χ4v) is 3.33. The molecule has 1 aliphatic heterocycles. The molecule has 1 unspecified atom stereocenters. The predicted octanol–water partition coefficient (Wildman–Crippen LogP) is 4.14. The van der Waals surface area contributed by atoms with Gasteiger partial charge in [0.2, 0.25) is 0 Å². The third kappa shape index (κ3) is 2.80. The SMILES string of the molecule is CC(C)(C)c1nc(C2C[C@H](O)c3cc(F)ccc3O2)cs1. The zero-order valence-corrected chi connectivity index (χ0v) is 13.1. The summed E-state index contributed by atoms with van der Waals surface area (Å²) in [6.45, 7) is 6.35. The first-order valence-electron chi connectivity index (χ1n) is 6.94. The van der Waals surface area contributed by atoms with Crippen LogP contribution >= 0.6 is 11.3 Å². The van der Waals surface area contributed by atoms with Gasteiger partial charge in [-0.3, -0.25) is 0 Å². The molecule has 0 bridgehead atoms. The molecule has 0 saturated heterocycles. The quantitative estimate of drug-likeness (QED) is 0.861. The Balaban J connectivity index is 1.89. The summed E-state index contributed by atoms with van der Waals surface area (Å²) in [5.74, 6) is 0.170. The third-order valence-electron chi connectivity index (χ3n) is 3.53. The summed E-state index contributed by atoms with van der Waals surface area (Å²) in [6, 6.07) is 4.24. The average molecular weight is 307 g/mol. The van der Waals surface area contributed by atoms with Gasteiger partial charge < -0.3 is 9.84 Å². The number of fused-ring (bicyclic) bond motifs is 1. The number of hydrogen-bond donors (Lipinski definition) is 1. The monoisotopic (exact) mass is 307 g/mol. The molecular formula is C16H18FNO2S. The minimum absolute atomic E-state index is 0.00274. The minimum Gasteiger partial charge on any atom is -0.484 e. The molecule has 0 aliphatic carbocycles. The number of aliphatic hydroxyl groups is 1. The van der Waals surface area contributed by atoms with Gasteiger partial charge in [0.1, 0.15) is 17.7 Å². The molecule has 3 nitrogen and oxygen atoms in total. The van der Waals surface area contributed by atoms with E-state index >= 15 is 0 Å². The number of halogens is 1. The Labute approximate surface area is 127 Å². The Morgan fingerprint density at radius 1 is 1.38 bits per heavy atom. The number of thiazole rings is 1. The van der Waals surface area contributed by atoms with Gasteiger partial charge >= 0.3 is 0 Å². The lowest BCUT2D eigenvalue weighted by atomic mass is 9.97. The Morgan fingerprint density at radius 3 is 2.81 bits per heavy atom. The van der Waals surface area contributed by atoms with Crippen molar-refractivity contribution in [2.75, 3.05) is 0 Å². The molecular weight excluding hydrogens is 289 g/mol. The predicted molar refractivity (Wildman–Crippen MR) is 80.2 cm³/mol. The second-order valence-corrected chi connectivity index (χ2v) is 7.23. The highest BCUT2D eigenvalue weighted by Gasteiger charge is 2.31. The number of benzene rings is 1. The molecule has 1 aliphatic rings. The van der Waals surface area contributed by atoms with Gasteiger partial charge in [-0.15, -0.1) is 11.3 Å². The lowest BCUT2D eigenvalue weighted by Gasteiger charge is -2.28. The second kappa shape index (κ2) is 5.07. The zero-order chi connectivity index (χ0) is 15.2. The van der Waals surface area contributed by atoms with Crippen molar-refractivity contribution < 1.29 is 14.2 Å². The minimum atomic E-state index is -0.728. The normalized spacial score (nSPS) is 21.8. The van der Waals surface area contributed by atoms with E-state index in [0.29, 0.717) is 17.7 Å². The molecule has 0 amide bonds. The maximum absolute atomic E-state index is 13.2. The smallest absolute Gasteiger partial charge is 0.144 e. The molecule has 5 heteroatoms. The van der Waals surface area contributed by atoms with Crippen LogP contribution < -0.4 is 4.74 Å². The van der Waals surface area contributed by atoms with Gasteiger partial charge in [-0.2, -0.15) is 0 Å². The maximum atomic E-state index is 13.2. The van der Waals surface area contributed by atoms with Crippen molar-refractivity contribution in [3.63, 3.8) is 0 Å². The van der Waals surface area contributed by atoms with Crippen LogP contribution in [0.25, 0.3) is 0 Å². The fraction of sp³-hybridized carbons (Fsp3) is 0.438. The van der Waals surface area contributed by atoms with E-state index in [4.69, 9.17) is 4.74 Å². The largest absolute Gasteiger partial charge is 0.484 e. The molecule has 1 N–H and O–H groups in total. The van der Waals surface area contributed by atoms with Gasteiger partial charge in [0, 0.05) is 22.8 Å². The first-order valence-corrected chi connectivity index (χ1v) is 7.82. The van der Waals surface area contributed by atoms with Crippen molar-refractivity contribution in [2.24, 2.45) is 0 Å². The molecule has 0 radical (unpaired) electrons. The Kier molecular flexibility index (Phi) is 3.50. The highest BCUT2D eigenvalue weighted by Crippen LogP contribution is 2.41. The Bertz CT molecular complexity index is 663. The molecule has 112 valence electrons. The van der Waals surface area contributed by atoms with E-state index in [1.54, 1.807) is 17.4 Å². The van der Waals surface area contributed by atoms with Gasteiger partial charge in [0.25, 0.3) is 0 Å². The lowest BCUT2D eigenvalue weighted by molar-refractivity contribution is 0.0634. The number of aromatic nitrogens is 1. The summed E-state index contributed by atoms with van der Waals surface area (Å²) in [7, 11) is 0. The van der Waals surface area contributed by atoms with Gasteiger partial charge in [-0.1, -0.05) is 20.8 Å². The second-order valence-electron chi connectivity index (χ2n) is 6.37. The van der Waals surface area contributed by atoms with E-state index in [9.17, 15) is 9.50 Å². The van der Waals surface area contributed by atoms with Crippen LogP contribution in [0.2, 0.25) is 0 Å². The van der Waals surface area contributed by atoms with E-state index in [0.717, 1.165) is 10.7 Å². The average Bonchev–Trinajstić information content (AvgIpc) is 2.89. The number of hydrogen-bond acceptors (Lipinski definition) is 4. The molecule has 2 aromatic rings. The van der Waals surface area contributed by atoms with Crippen LogP contribution in [0.4, 0.5) is 4.39 Å². The molecule has 1 aromatic carbocycles. The number of ether oxygens (including phenoxy) is 1. The third-order valence-corrected chi connectivity index (χ3v) is 4.82. The van der Waals surface area contributed by atoms with Crippen LogP contribution in [0.3, 0.4) is 0 Å². The van der Waals surface area contributed by atoms with Crippen LogP contribution in [-0.4, -0.2) is 10.1 Å². The van der Waals surface area contributed by atoms with Crippen LogP contribution in [0.1, 0.15) is 55.7 Å². The summed E-state index contributed by atoms with van der Waals surface area (Å²) in [5, 5.41) is 13.2. The van der Waals surface area contributed by atoms with E-state index in [2.05, 4.69) is 25.8 Å². The van der Waals surface area contributed by atoms with Crippen molar-refractivity contribution in [1.82, 2.24) is 4.98 Å². The van der Waals surface area contributed by atoms with Crippen LogP contribution in [0, 0.1) is 5.82 Å². The van der Waals surface area contributed by atoms with Crippen molar-refractivity contribution >= 4 is 11.3 Å². The van der Waals surface area contributed by atoms with Crippen LogP contribution in [-0.2, 0) is 5.41 Å². The van der Waals surface area contributed by atoms with Crippen molar-refractivity contribution in [3.05, 3.63) is 45.7 Å². The zero-order valence-electron chi connectivity index (χ0n) is 12.3. The number of rotatable bonds is 1. The Hall–Kier alpha value is -1.46. The lowest BCUT2D eigenvalue weighted by Crippen LogP contribution is -2.20. The summed E-state index contributed by atoms with van der Waals surface area (Å²) in [6.07, 6.45) is -0.622. The summed E-state index contributed by atoms with van der Waals surface area (Å²) < 4.78 is 19.1. The number of nitrogens with zero attached hydrogens (tertiary/aromatic N) is 1. The van der Waals surface area contributed by atoms with E-state index < -0.39 is 6.10 Å². The molecule has 0 fully saturated rings. The van der Waals surface area contributed by atoms with Gasteiger partial charge in [0.05, 0.1) is 16.8 Å². The van der Waals surface area contributed by atoms with Crippen LogP contribution in [0.15, 0.2) is 23.6 Å². The van der Waals surface area contributed by atoms with E-state index in [-0.39, 0.29) is 17.3 Å². The highest BCUT2D eigenvalue weighted by molar-refractivity contribution is 7.09. The van der Waals surface area contributed by atoms with Crippen molar-refractivity contribution in [3.8, 4) is 5.75 Å². The van der Waals surface area contributed by atoms with Crippen molar-refractivity contribution in [2.45, 2.75) is 44.8 Å². The fourth-order valence-electron chi connectivity index (χ4n) is 2.38. The topological polar surface area (TPSA) is 42.4 Å². The van der Waals surface area contributed by atoms with E-state index in [1.807, 2.05) is 5.38 Å². The molecule has 1 aromatic heterocycles. The standard InChI is InChI=1S/C16H18FNO2S/c1-16(2,3)15-18-11(8-21-15)14-7-12(19)10-6-9(17)4-5-13(10)20-14/h4-6,8,12,14,19H,7H2,1-3H3/t12-,14?/m0/s1. The molecule has 2 atom stereocenters. The van der Waals surface area contributed by atoms with Gasteiger partial charge in [-0.05, 0) is 18.2 Å². The van der Waals surface area contributed by atoms with Gasteiger partial charge in [-0.25, -0.2) is 9.37 Å². The van der Waals surface area contributed by atoms with Crippen LogP contribution in [0.5, 0.6) is 5.75 Å². The number of aliphatic hydroxyl groups excluding tert-OH is 1. The first-order chi connectivity index (χ1) is 9.84. The summed E-state index contributed by atoms with van der Waals surface area (Å²) in [4.78, 5) is 4.64. The molecule has 21 heavy (non-hydrogen) atoms. The summed E-state index contributed by atoms with van der Waals surface area (Å²) in [5.41, 5.74) is 1.34. The molecule has 2 heterocycles. The van der Waals surface area contributed by atoms with E-state index in [1.165, 1.54) is 12.1 Å². The first kappa shape index (κ1) is 14.5. The highest BCUT2D eigenvalue weighted by atomic mass is 32.1. The maximum Gasteiger partial charge on any atom is 0.144 e. The van der Waals surface area contributed by atoms with Crippen molar-refractivity contribution in [1.29, 1.82) is 0 Å². The molecule has 0 spiro atoms. The summed E-state index contributed by atoms with van der Waals surface area (Å²) >= 11 is 1.60.